The number of aryl methyl sites for hydroxylation is 1. The van der Waals surface area contributed by atoms with E-state index in [1.807, 2.05) is 0 Å². The summed E-state index contributed by atoms with van der Waals surface area (Å²) in [6.07, 6.45) is 6.58. The molecular formula is C26H32N4O. The third-order valence-electron chi connectivity index (χ3n) is 6.95. The fourth-order valence-electron chi connectivity index (χ4n) is 5.07. The van der Waals surface area contributed by atoms with Crippen molar-refractivity contribution in [2.24, 2.45) is 5.92 Å². The number of hydrogen-bond donors (Lipinski definition) is 1. The predicted octanol–water partition coefficient (Wildman–Crippen LogP) is 4.67. The summed E-state index contributed by atoms with van der Waals surface area (Å²) in [6, 6.07) is 17.5. The van der Waals surface area contributed by atoms with Gasteiger partial charge < -0.3 is 14.8 Å². The molecule has 0 radical (unpaired) electrons. The van der Waals surface area contributed by atoms with Crippen LogP contribution >= 0.6 is 0 Å². The molecule has 2 heterocycles. The molecule has 0 bridgehead atoms. The fourth-order valence-corrected chi connectivity index (χ4v) is 5.07. The van der Waals surface area contributed by atoms with E-state index in [1.165, 1.54) is 29.5 Å². The molecule has 162 valence electrons. The molecule has 3 aromatic rings. The maximum Gasteiger partial charge on any atom is 0.223 e. The third-order valence-corrected chi connectivity index (χ3v) is 6.95. The fraction of sp³-hybridized carbons (Fsp3) is 0.462. The van der Waals surface area contributed by atoms with Gasteiger partial charge in [0.1, 0.15) is 0 Å². The first kappa shape index (κ1) is 20.1. The molecule has 1 saturated carbocycles. The Bertz CT molecular complexity index is 1040. The molecule has 1 saturated heterocycles. The van der Waals surface area contributed by atoms with Crippen molar-refractivity contribution < 1.29 is 4.79 Å². The van der Waals surface area contributed by atoms with Crippen LogP contribution in [-0.2, 0) is 11.3 Å². The number of benzene rings is 2. The van der Waals surface area contributed by atoms with Crippen LogP contribution < -0.4 is 10.2 Å². The number of hydrogen-bond acceptors (Lipinski definition) is 3. The van der Waals surface area contributed by atoms with Gasteiger partial charge in [0.2, 0.25) is 11.9 Å². The molecule has 1 amide bonds. The van der Waals surface area contributed by atoms with Gasteiger partial charge in [0.05, 0.1) is 17.6 Å². The van der Waals surface area contributed by atoms with Crippen molar-refractivity contribution in [3.63, 3.8) is 0 Å². The normalized spacial score (nSPS) is 18.0. The molecule has 5 heteroatoms. The molecule has 2 fully saturated rings. The summed E-state index contributed by atoms with van der Waals surface area (Å²) in [4.78, 5) is 20.1. The highest BCUT2D eigenvalue weighted by Crippen LogP contribution is 2.28. The van der Waals surface area contributed by atoms with Crippen LogP contribution in [0.4, 0.5) is 5.95 Å². The van der Waals surface area contributed by atoms with E-state index in [1.54, 1.807) is 0 Å². The quantitative estimate of drug-likeness (QED) is 0.658. The molecule has 0 spiro atoms. The number of rotatable bonds is 5. The second-order valence-corrected chi connectivity index (χ2v) is 9.22. The lowest BCUT2D eigenvalue weighted by Gasteiger charge is -2.33. The monoisotopic (exact) mass is 416 g/mol. The zero-order valence-electron chi connectivity index (χ0n) is 18.4. The van der Waals surface area contributed by atoms with Crippen LogP contribution in [0.25, 0.3) is 11.0 Å². The van der Waals surface area contributed by atoms with Crippen LogP contribution in [0.5, 0.6) is 0 Å². The van der Waals surface area contributed by atoms with Gasteiger partial charge in [-0.15, -0.1) is 0 Å². The molecule has 0 atom stereocenters. The molecule has 5 rings (SSSR count). The number of nitrogens with one attached hydrogen (secondary N) is 1. The summed E-state index contributed by atoms with van der Waals surface area (Å²) < 4.78 is 2.33. The molecule has 1 N–H and O–H groups in total. The number of fused-ring (bicyclic) bond motifs is 1. The Balaban J connectivity index is 1.33. The first-order valence-corrected chi connectivity index (χ1v) is 11.7. The van der Waals surface area contributed by atoms with Gasteiger partial charge in [-0.05, 0) is 50.3 Å². The molecule has 31 heavy (non-hydrogen) atoms. The number of nitrogens with zero attached hydrogens (tertiary/aromatic N) is 3. The highest BCUT2D eigenvalue weighted by atomic mass is 16.1. The topological polar surface area (TPSA) is 50.2 Å². The Morgan fingerprint density at radius 3 is 2.45 bits per heavy atom. The molecule has 5 nitrogen and oxygen atoms in total. The zero-order chi connectivity index (χ0) is 21.2. The van der Waals surface area contributed by atoms with E-state index in [9.17, 15) is 4.79 Å². The van der Waals surface area contributed by atoms with Gasteiger partial charge in [0.25, 0.3) is 0 Å². The lowest BCUT2D eigenvalue weighted by molar-refractivity contribution is -0.126. The predicted molar refractivity (Wildman–Crippen MR) is 125 cm³/mol. The molecular weight excluding hydrogens is 384 g/mol. The molecule has 2 aromatic carbocycles. The standard InChI is InChI=1S/C26H32N4O/c1-19-10-12-20(13-11-19)18-30-24-9-5-4-8-23(24)28-26(30)29-16-14-21(15-17-29)25(31)27-22-6-2-3-7-22/h4-5,8-13,21-22H,2-3,6-7,14-18H2,1H3,(H,27,31). The maximum absolute atomic E-state index is 12.7. The van der Waals surface area contributed by atoms with E-state index in [-0.39, 0.29) is 11.8 Å². The summed E-state index contributed by atoms with van der Waals surface area (Å²) in [5, 5.41) is 3.29. The Kier molecular flexibility index (Phi) is 5.66. The van der Waals surface area contributed by atoms with Crippen molar-refractivity contribution >= 4 is 22.9 Å². The van der Waals surface area contributed by atoms with Gasteiger partial charge in [-0.3, -0.25) is 4.79 Å². The SMILES string of the molecule is Cc1ccc(Cn2c(N3CCC(C(=O)NC4CCCC4)CC3)nc3ccccc32)cc1. The first-order valence-electron chi connectivity index (χ1n) is 11.7. The van der Waals surface area contributed by atoms with Gasteiger partial charge >= 0.3 is 0 Å². The Morgan fingerprint density at radius 1 is 1.00 bits per heavy atom. The Labute approximate surface area is 184 Å². The van der Waals surface area contributed by atoms with E-state index in [0.29, 0.717) is 6.04 Å². The lowest BCUT2D eigenvalue weighted by Crippen LogP contribution is -2.43. The minimum atomic E-state index is 0.131. The second kappa shape index (κ2) is 8.74. The summed E-state index contributed by atoms with van der Waals surface area (Å²) in [5.74, 6) is 1.42. The maximum atomic E-state index is 12.7. The summed E-state index contributed by atoms with van der Waals surface area (Å²) in [6.45, 7) is 4.67. The highest BCUT2D eigenvalue weighted by molar-refractivity contribution is 5.80. The molecule has 2 aliphatic rings. The molecule has 0 unspecified atom stereocenters. The average Bonchev–Trinajstić information content (AvgIpc) is 3.43. The van der Waals surface area contributed by atoms with Crippen LogP contribution in [0, 0.1) is 12.8 Å². The summed E-state index contributed by atoms with van der Waals surface area (Å²) in [7, 11) is 0. The third kappa shape index (κ3) is 4.32. The van der Waals surface area contributed by atoms with Crippen LogP contribution in [0.15, 0.2) is 48.5 Å². The number of carbonyl (C=O) groups is 1. The Morgan fingerprint density at radius 2 is 1.71 bits per heavy atom. The number of aromatic nitrogens is 2. The van der Waals surface area contributed by atoms with Crippen molar-refractivity contribution in [3.05, 3.63) is 59.7 Å². The summed E-state index contributed by atoms with van der Waals surface area (Å²) in [5.41, 5.74) is 4.75. The smallest absolute Gasteiger partial charge is 0.223 e. The Hall–Kier alpha value is -2.82. The van der Waals surface area contributed by atoms with Crippen molar-refractivity contribution in [1.82, 2.24) is 14.9 Å². The largest absolute Gasteiger partial charge is 0.353 e. The van der Waals surface area contributed by atoms with Gasteiger partial charge in [0.15, 0.2) is 0 Å². The molecule has 1 aliphatic carbocycles. The number of carbonyl (C=O) groups excluding carboxylic acids is 1. The first-order chi connectivity index (χ1) is 15.2. The second-order valence-electron chi connectivity index (χ2n) is 9.22. The van der Waals surface area contributed by atoms with E-state index < -0.39 is 0 Å². The van der Waals surface area contributed by atoms with E-state index in [2.05, 4.69) is 70.2 Å². The lowest BCUT2D eigenvalue weighted by atomic mass is 9.95. The number of imidazole rings is 1. The molecule has 1 aliphatic heterocycles. The highest BCUT2D eigenvalue weighted by Gasteiger charge is 2.29. The number of para-hydroxylation sites is 2. The van der Waals surface area contributed by atoms with Crippen LogP contribution in [0.1, 0.15) is 49.7 Å². The zero-order valence-corrected chi connectivity index (χ0v) is 18.4. The van der Waals surface area contributed by atoms with Crippen molar-refractivity contribution in [3.8, 4) is 0 Å². The number of piperidine rings is 1. The van der Waals surface area contributed by atoms with Gasteiger partial charge in [0, 0.05) is 25.0 Å². The van der Waals surface area contributed by atoms with Crippen molar-refractivity contribution in [2.75, 3.05) is 18.0 Å². The van der Waals surface area contributed by atoms with Crippen LogP contribution in [-0.4, -0.2) is 34.6 Å². The number of amides is 1. The number of anilines is 1. The summed E-state index contributed by atoms with van der Waals surface area (Å²) >= 11 is 0. The van der Waals surface area contributed by atoms with Crippen LogP contribution in [0.3, 0.4) is 0 Å². The van der Waals surface area contributed by atoms with E-state index in [0.717, 1.165) is 56.8 Å². The van der Waals surface area contributed by atoms with Crippen molar-refractivity contribution in [1.29, 1.82) is 0 Å². The average molecular weight is 417 g/mol. The van der Waals surface area contributed by atoms with Gasteiger partial charge in [-0.2, -0.15) is 0 Å². The van der Waals surface area contributed by atoms with E-state index in [4.69, 9.17) is 4.98 Å². The minimum Gasteiger partial charge on any atom is -0.353 e. The van der Waals surface area contributed by atoms with Crippen molar-refractivity contribution in [2.45, 2.75) is 58.0 Å². The van der Waals surface area contributed by atoms with Gasteiger partial charge in [-0.1, -0.05) is 54.8 Å². The van der Waals surface area contributed by atoms with Gasteiger partial charge in [-0.25, -0.2) is 4.98 Å². The van der Waals surface area contributed by atoms with Crippen LogP contribution in [0.2, 0.25) is 0 Å². The minimum absolute atomic E-state index is 0.131. The van der Waals surface area contributed by atoms with E-state index >= 15 is 0 Å². The molecule has 1 aromatic heterocycles.